The van der Waals surface area contributed by atoms with Crippen molar-refractivity contribution in [3.05, 3.63) is 40.3 Å². The van der Waals surface area contributed by atoms with Crippen LogP contribution in [-0.4, -0.2) is 12.4 Å². The Hall–Kier alpha value is -0.600. The highest BCUT2D eigenvalue weighted by Gasteiger charge is 2.13. The summed E-state index contributed by atoms with van der Waals surface area (Å²) in [6.07, 6.45) is 0. The quantitative estimate of drug-likeness (QED) is 0.707. The van der Waals surface area contributed by atoms with Crippen LogP contribution in [0.2, 0.25) is 0 Å². The summed E-state index contributed by atoms with van der Waals surface area (Å²) in [6, 6.07) is 9.95. The highest BCUT2D eigenvalue weighted by atomic mass is 35.5. The number of halogens is 1. The van der Waals surface area contributed by atoms with Crippen LogP contribution in [0.25, 0.3) is 5.76 Å². The lowest BCUT2D eigenvalue weighted by Crippen LogP contribution is -2.03. The fourth-order valence-electron chi connectivity index (χ4n) is 1.18. The van der Waals surface area contributed by atoms with Gasteiger partial charge in [0.1, 0.15) is 4.36 Å². The van der Waals surface area contributed by atoms with Gasteiger partial charge in [0, 0.05) is 11.3 Å². The van der Waals surface area contributed by atoms with Crippen LogP contribution >= 0.6 is 23.4 Å². The minimum Gasteiger partial charge on any atom is -0.490 e. The molecule has 1 nitrogen and oxygen atoms in total. The van der Waals surface area contributed by atoms with Crippen LogP contribution in [0.4, 0.5) is 0 Å². The molecule has 0 radical (unpaired) electrons. The lowest BCUT2D eigenvalue weighted by atomic mass is 10.2. The van der Waals surface area contributed by atoms with E-state index >= 15 is 0 Å². The first kappa shape index (κ1) is 8.97. The van der Waals surface area contributed by atoms with Crippen molar-refractivity contribution < 1.29 is 4.74 Å². The van der Waals surface area contributed by atoms with E-state index in [1.165, 1.54) is 0 Å². The van der Waals surface area contributed by atoms with Crippen molar-refractivity contribution in [1.29, 1.82) is 0 Å². The molecule has 13 heavy (non-hydrogen) atoms. The van der Waals surface area contributed by atoms with Gasteiger partial charge in [-0.05, 0) is 0 Å². The van der Waals surface area contributed by atoms with Gasteiger partial charge < -0.3 is 4.74 Å². The van der Waals surface area contributed by atoms with Gasteiger partial charge in [-0.25, -0.2) is 0 Å². The molecule has 0 spiro atoms. The predicted molar refractivity (Wildman–Crippen MR) is 57.6 cm³/mol. The average molecular weight is 213 g/mol. The smallest absolute Gasteiger partial charge is 0.151 e. The molecule has 1 aliphatic heterocycles. The third-order valence-corrected chi connectivity index (χ3v) is 3.08. The first-order chi connectivity index (χ1) is 6.38. The number of hydrogen-bond acceptors (Lipinski definition) is 2. The molecule has 1 heterocycles. The summed E-state index contributed by atoms with van der Waals surface area (Å²) in [5.74, 6) is 1.76. The van der Waals surface area contributed by atoms with E-state index in [1.54, 1.807) is 11.8 Å². The molecule has 0 saturated heterocycles. The van der Waals surface area contributed by atoms with E-state index in [1.807, 2.05) is 30.3 Å². The van der Waals surface area contributed by atoms with Gasteiger partial charge in [0.15, 0.2) is 5.76 Å². The van der Waals surface area contributed by atoms with Crippen molar-refractivity contribution >= 4 is 29.1 Å². The Morgan fingerprint density at radius 3 is 2.69 bits per heavy atom. The Bertz CT molecular complexity index is 321. The third-order valence-electron chi connectivity index (χ3n) is 1.77. The summed E-state index contributed by atoms with van der Waals surface area (Å²) in [5.41, 5.74) is 1.06. The number of thioether (sulfide) groups is 1. The molecule has 0 unspecified atom stereocenters. The standard InChI is InChI=1S/C10H9ClOS/c11-10-9(12-6-7-13-10)8-4-2-1-3-5-8/h1-5H,6-7H2. The van der Waals surface area contributed by atoms with E-state index in [9.17, 15) is 0 Å². The van der Waals surface area contributed by atoms with Gasteiger partial charge in [-0.15, -0.1) is 11.8 Å². The largest absolute Gasteiger partial charge is 0.490 e. The molecule has 1 aromatic carbocycles. The van der Waals surface area contributed by atoms with Gasteiger partial charge in [0.2, 0.25) is 0 Å². The van der Waals surface area contributed by atoms with Crippen molar-refractivity contribution in [3.8, 4) is 0 Å². The first-order valence-electron chi connectivity index (χ1n) is 4.09. The topological polar surface area (TPSA) is 9.23 Å². The lowest BCUT2D eigenvalue weighted by Gasteiger charge is -2.17. The minimum absolute atomic E-state index is 0.741. The van der Waals surface area contributed by atoms with E-state index in [4.69, 9.17) is 16.3 Å². The molecule has 3 heteroatoms. The first-order valence-corrected chi connectivity index (χ1v) is 5.45. The monoisotopic (exact) mass is 212 g/mol. The summed E-state index contributed by atoms with van der Waals surface area (Å²) in [7, 11) is 0. The molecule has 0 saturated carbocycles. The molecule has 0 fully saturated rings. The molecule has 0 N–H and O–H groups in total. The summed E-state index contributed by atoms with van der Waals surface area (Å²) < 4.78 is 6.26. The van der Waals surface area contributed by atoms with Gasteiger partial charge in [0.25, 0.3) is 0 Å². The normalized spacial score (nSPS) is 17.0. The molecule has 1 aromatic rings. The Morgan fingerprint density at radius 2 is 2.00 bits per heavy atom. The molecule has 68 valence electrons. The zero-order valence-electron chi connectivity index (χ0n) is 7.00. The molecule has 0 amide bonds. The average Bonchev–Trinajstić information content (AvgIpc) is 2.20. The molecule has 0 bridgehead atoms. The van der Waals surface area contributed by atoms with Crippen molar-refractivity contribution in [1.82, 2.24) is 0 Å². The number of rotatable bonds is 1. The molecule has 2 rings (SSSR count). The Kier molecular flexibility index (Phi) is 2.81. The van der Waals surface area contributed by atoms with Gasteiger partial charge >= 0.3 is 0 Å². The molecular weight excluding hydrogens is 204 g/mol. The molecule has 0 aromatic heterocycles. The van der Waals surface area contributed by atoms with E-state index in [0.29, 0.717) is 0 Å². The van der Waals surface area contributed by atoms with Gasteiger partial charge in [0.05, 0.1) is 6.61 Å². The molecule has 0 aliphatic carbocycles. The second-order valence-corrected chi connectivity index (χ2v) is 4.37. The summed E-state index contributed by atoms with van der Waals surface area (Å²) in [5, 5.41) is 0. The van der Waals surface area contributed by atoms with Crippen LogP contribution in [0.15, 0.2) is 34.7 Å². The van der Waals surface area contributed by atoms with E-state index < -0.39 is 0 Å². The summed E-state index contributed by atoms with van der Waals surface area (Å²) in [6.45, 7) is 0.741. The summed E-state index contributed by atoms with van der Waals surface area (Å²) >= 11 is 7.68. The number of hydrogen-bond donors (Lipinski definition) is 0. The van der Waals surface area contributed by atoms with Crippen LogP contribution in [0.5, 0.6) is 0 Å². The molecular formula is C10H9ClOS. The second-order valence-electron chi connectivity index (χ2n) is 2.67. The van der Waals surface area contributed by atoms with Crippen molar-refractivity contribution in [2.45, 2.75) is 0 Å². The molecule has 0 atom stereocenters. The Labute approximate surface area is 86.7 Å². The van der Waals surface area contributed by atoms with Gasteiger partial charge in [-0.2, -0.15) is 0 Å². The van der Waals surface area contributed by atoms with E-state index in [0.717, 1.165) is 28.0 Å². The Morgan fingerprint density at radius 1 is 1.23 bits per heavy atom. The second kappa shape index (κ2) is 4.07. The van der Waals surface area contributed by atoms with Crippen LogP contribution < -0.4 is 0 Å². The fourth-order valence-corrected chi connectivity index (χ4v) is 2.23. The SMILES string of the molecule is ClC1=C(c2ccccc2)OCCS1. The third kappa shape index (κ3) is 2.01. The fraction of sp³-hybridized carbons (Fsp3) is 0.200. The minimum atomic E-state index is 0.741. The zero-order valence-corrected chi connectivity index (χ0v) is 8.57. The summed E-state index contributed by atoms with van der Waals surface area (Å²) in [4.78, 5) is 0. The lowest BCUT2D eigenvalue weighted by molar-refractivity contribution is 0.299. The zero-order chi connectivity index (χ0) is 9.10. The maximum atomic E-state index is 6.03. The number of ether oxygens (including phenoxy) is 1. The van der Waals surface area contributed by atoms with Crippen molar-refractivity contribution in [2.24, 2.45) is 0 Å². The van der Waals surface area contributed by atoms with Crippen LogP contribution in [0.3, 0.4) is 0 Å². The van der Waals surface area contributed by atoms with Crippen molar-refractivity contribution in [2.75, 3.05) is 12.4 Å². The van der Waals surface area contributed by atoms with Crippen LogP contribution in [0, 0.1) is 0 Å². The maximum Gasteiger partial charge on any atom is 0.151 e. The predicted octanol–water partition coefficient (Wildman–Crippen LogP) is 3.31. The highest BCUT2D eigenvalue weighted by Crippen LogP contribution is 2.34. The van der Waals surface area contributed by atoms with E-state index in [-0.39, 0.29) is 0 Å². The van der Waals surface area contributed by atoms with Crippen molar-refractivity contribution in [3.63, 3.8) is 0 Å². The number of benzene rings is 1. The van der Waals surface area contributed by atoms with Crippen LogP contribution in [0.1, 0.15) is 5.56 Å². The molecule has 1 aliphatic rings. The van der Waals surface area contributed by atoms with Gasteiger partial charge in [-0.1, -0.05) is 41.9 Å². The van der Waals surface area contributed by atoms with E-state index in [2.05, 4.69) is 0 Å². The maximum absolute atomic E-state index is 6.03. The van der Waals surface area contributed by atoms with Gasteiger partial charge in [-0.3, -0.25) is 0 Å². The van der Waals surface area contributed by atoms with Crippen LogP contribution in [-0.2, 0) is 4.74 Å². The highest BCUT2D eigenvalue weighted by molar-refractivity contribution is 8.04. The Balaban J connectivity index is 2.35.